The monoisotopic (exact) mass is 455 g/mol. The van der Waals surface area contributed by atoms with E-state index in [9.17, 15) is 4.79 Å². The molecule has 0 unspecified atom stereocenters. The minimum atomic E-state index is -0.128. The van der Waals surface area contributed by atoms with E-state index in [-0.39, 0.29) is 5.91 Å². The molecule has 0 bridgehead atoms. The number of amides is 1. The molecule has 0 spiro atoms. The van der Waals surface area contributed by atoms with Gasteiger partial charge >= 0.3 is 0 Å². The zero-order chi connectivity index (χ0) is 17.1. The van der Waals surface area contributed by atoms with Crippen LogP contribution in [0.1, 0.15) is 10.4 Å². The molecule has 0 aliphatic carbocycles. The molecule has 1 saturated heterocycles. The quantitative estimate of drug-likeness (QED) is 0.712. The van der Waals surface area contributed by atoms with Crippen molar-refractivity contribution in [3.05, 3.63) is 56.6 Å². The second kappa shape index (κ2) is 7.72. The van der Waals surface area contributed by atoms with Crippen LogP contribution in [0.4, 0.5) is 11.4 Å². The standard InChI is InChI=1S/C18H19ClIN3O/c1-22-8-10-23(11-9-22)15-5-3-14(4-6-15)21-18(24)13-2-7-16(19)17(20)12-13/h2-7,12H,8-11H2,1H3,(H,21,24). The van der Waals surface area contributed by atoms with Crippen LogP contribution in [0.3, 0.4) is 0 Å². The van der Waals surface area contributed by atoms with E-state index >= 15 is 0 Å². The van der Waals surface area contributed by atoms with Crippen molar-refractivity contribution in [1.29, 1.82) is 0 Å². The average Bonchev–Trinajstić information content (AvgIpc) is 2.59. The van der Waals surface area contributed by atoms with E-state index in [0.29, 0.717) is 10.6 Å². The molecule has 24 heavy (non-hydrogen) atoms. The molecule has 126 valence electrons. The lowest BCUT2D eigenvalue weighted by atomic mass is 10.2. The molecule has 1 aliphatic rings. The first-order chi connectivity index (χ1) is 11.5. The van der Waals surface area contributed by atoms with Gasteiger partial charge in [-0.3, -0.25) is 4.79 Å². The van der Waals surface area contributed by atoms with Crippen LogP contribution in [0, 0.1) is 3.57 Å². The smallest absolute Gasteiger partial charge is 0.255 e. The van der Waals surface area contributed by atoms with Gasteiger partial charge in [-0.1, -0.05) is 11.6 Å². The first-order valence-electron chi connectivity index (χ1n) is 7.83. The fraction of sp³-hybridized carbons (Fsp3) is 0.278. The highest BCUT2D eigenvalue weighted by atomic mass is 127. The Balaban J connectivity index is 1.65. The van der Waals surface area contributed by atoms with Crippen LogP contribution in [0.15, 0.2) is 42.5 Å². The van der Waals surface area contributed by atoms with E-state index in [1.807, 2.05) is 12.1 Å². The van der Waals surface area contributed by atoms with Crippen molar-refractivity contribution in [3.8, 4) is 0 Å². The van der Waals surface area contributed by atoms with E-state index in [0.717, 1.165) is 35.4 Å². The third kappa shape index (κ3) is 4.20. The van der Waals surface area contributed by atoms with Gasteiger partial charge in [0.2, 0.25) is 0 Å². The topological polar surface area (TPSA) is 35.6 Å². The number of benzene rings is 2. The Bertz CT molecular complexity index is 728. The maximum atomic E-state index is 12.3. The minimum absolute atomic E-state index is 0.128. The van der Waals surface area contributed by atoms with Crippen molar-refractivity contribution < 1.29 is 4.79 Å². The van der Waals surface area contributed by atoms with Gasteiger partial charge in [0.25, 0.3) is 5.91 Å². The summed E-state index contributed by atoms with van der Waals surface area (Å²) >= 11 is 8.12. The van der Waals surface area contributed by atoms with Crippen LogP contribution in [0.5, 0.6) is 0 Å². The molecule has 1 aliphatic heterocycles. The predicted octanol–water partition coefficient (Wildman–Crippen LogP) is 3.95. The van der Waals surface area contributed by atoms with Gasteiger partial charge in [-0.05, 0) is 72.1 Å². The van der Waals surface area contributed by atoms with Gasteiger partial charge in [-0.2, -0.15) is 0 Å². The van der Waals surface area contributed by atoms with Crippen molar-refractivity contribution in [2.45, 2.75) is 0 Å². The molecule has 1 heterocycles. The molecule has 0 saturated carbocycles. The Kier molecular flexibility index (Phi) is 5.63. The largest absolute Gasteiger partial charge is 0.369 e. The van der Waals surface area contributed by atoms with E-state index < -0.39 is 0 Å². The predicted molar refractivity (Wildman–Crippen MR) is 108 cm³/mol. The summed E-state index contributed by atoms with van der Waals surface area (Å²) in [5.41, 5.74) is 2.59. The summed E-state index contributed by atoms with van der Waals surface area (Å²) in [6.45, 7) is 4.22. The van der Waals surface area contributed by atoms with Crippen LogP contribution in [0.25, 0.3) is 0 Å². The van der Waals surface area contributed by atoms with Gasteiger partial charge in [-0.15, -0.1) is 0 Å². The Hall–Kier alpha value is -1.31. The lowest BCUT2D eigenvalue weighted by Crippen LogP contribution is -2.44. The summed E-state index contributed by atoms with van der Waals surface area (Å²) in [4.78, 5) is 17.0. The number of hydrogen-bond acceptors (Lipinski definition) is 3. The Morgan fingerprint density at radius 2 is 1.75 bits per heavy atom. The fourth-order valence-corrected chi connectivity index (χ4v) is 3.29. The first kappa shape index (κ1) is 17.5. The third-order valence-corrected chi connectivity index (χ3v) is 5.72. The molecule has 0 radical (unpaired) electrons. The summed E-state index contributed by atoms with van der Waals surface area (Å²) in [7, 11) is 2.15. The summed E-state index contributed by atoms with van der Waals surface area (Å²) in [6.07, 6.45) is 0. The molecule has 2 aromatic carbocycles. The van der Waals surface area contributed by atoms with Gasteiger partial charge in [0, 0.05) is 46.7 Å². The summed E-state index contributed by atoms with van der Waals surface area (Å²) in [5, 5.41) is 3.59. The van der Waals surface area contributed by atoms with Gasteiger partial charge in [-0.25, -0.2) is 0 Å². The third-order valence-electron chi connectivity index (χ3n) is 4.18. The maximum Gasteiger partial charge on any atom is 0.255 e. The highest BCUT2D eigenvalue weighted by Crippen LogP contribution is 2.22. The molecule has 2 aromatic rings. The first-order valence-corrected chi connectivity index (χ1v) is 9.28. The van der Waals surface area contributed by atoms with E-state index in [1.165, 1.54) is 5.69 Å². The van der Waals surface area contributed by atoms with Crippen molar-refractivity contribution in [2.75, 3.05) is 43.4 Å². The Morgan fingerprint density at radius 3 is 2.38 bits per heavy atom. The second-order valence-corrected chi connectivity index (χ2v) is 7.49. The number of nitrogens with zero attached hydrogens (tertiary/aromatic N) is 2. The summed E-state index contributed by atoms with van der Waals surface area (Å²) in [5.74, 6) is -0.128. The number of halogens is 2. The lowest BCUT2D eigenvalue weighted by molar-refractivity contribution is 0.102. The Morgan fingerprint density at radius 1 is 1.08 bits per heavy atom. The van der Waals surface area contributed by atoms with Crippen molar-refractivity contribution in [3.63, 3.8) is 0 Å². The normalized spacial score (nSPS) is 15.4. The molecular weight excluding hydrogens is 437 g/mol. The summed E-state index contributed by atoms with van der Waals surface area (Å²) in [6, 6.07) is 13.3. The number of anilines is 2. The van der Waals surface area contributed by atoms with Crippen LogP contribution in [-0.2, 0) is 0 Å². The van der Waals surface area contributed by atoms with Crippen LogP contribution >= 0.6 is 34.2 Å². The highest BCUT2D eigenvalue weighted by Gasteiger charge is 2.14. The van der Waals surface area contributed by atoms with Gasteiger partial charge in [0.05, 0.1) is 5.02 Å². The van der Waals surface area contributed by atoms with Gasteiger partial charge in [0.1, 0.15) is 0 Å². The molecule has 1 fully saturated rings. The molecule has 0 atom stereocenters. The number of hydrogen-bond donors (Lipinski definition) is 1. The molecular formula is C18H19ClIN3O. The Labute approximate surface area is 160 Å². The molecule has 6 heteroatoms. The fourth-order valence-electron chi connectivity index (χ4n) is 2.66. The average molecular weight is 456 g/mol. The number of nitrogens with one attached hydrogen (secondary N) is 1. The van der Waals surface area contributed by atoms with E-state index in [2.05, 4.69) is 56.9 Å². The number of piperazine rings is 1. The SMILES string of the molecule is CN1CCN(c2ccc(NC(=O)c3ccc(Cl)c(I)c3)cc2)CC1. The summed E-state index contributed by atoms with van der Waals surface area (Å²) < 4.78 is 0.868. The maximum absolute atomic E-state index is 12.3. The molecule has 0 aromatic heterocycles. The van der Waals surface area contributed by atoms with Crippen LogP contribution in [-0.4, -0.2) is 44.0 Å². The van der Waals surface area contributed by atoms with Crippen LogP contribution in [0.2, 0.25) is 5.02 Å². The van der Waals surface area contributed by atoms with Gasteiger partial charge < -0.3 is 15.1 Å². The lowest BCUT2D eigenvalue weighted by Gasteiger charge is -2.34. The van der Waals surface area contributed by atoms with Crippen molar-refractivity contribution in [1.82, 2.24) is 4.90 Å². The molecule has 1 amide bonds. The molecule has 1 N–H and O–H groups in total. The van der Waals surface area contributed by atoms with Crippen molar-refractivity contribution >= 4 is 51.5 Å². The van der Waals surface area contributed by atoms with E-state index in [1.54, 1.807) is 18.2 Å². The zero-order valence-electron chi connectivity index (χ0n) is 13.4. The number of rotatable bonds is 3. The number of carbonyl (C=O) groups excluding carboxylic acids is 1. The van der Waals surface area contributed by atoms with Gasteiger partial charge in [0.15, 0.2) is 0 Å². The molecule has 3 rings (SSSR count). The minimum Gasteiger partial charge on any atom is -0.369 e. The number of carbonyl (C=O) groups is 1. The van der Waals surface area contributed by atoms with Crippen molar-refractivity contribution in [2.24, 2.45) is 0 Å². The molecule has 4 nitrogen and oxygen atoms in total. The number of likely N-dealkylation sites (N-methyl/N-ethyl adjacent to an activating group) is 1. The second-order valence-electron chi connectivity index (χ2n) is 5.92. The van der Waals surface area contributed by atoms with Crippen LogP contribution < -0.4 is 10.2 Å². The zero-order valence-corrected chi connectivity index (χ0v) is 16.3. The van der Waals surface area contributed by atoms with E-state index in [4.69, 9.17) is 11.6 Å². The highest BCUT2D eigenvalue weighted by molar-refractivity contribution is 14.1.